The predicted molar refractivity (Wildman–Crippen MR) is 123 cm³/mol. The van der Waals surface area contributed by atoms with Crippen LogP contribution in [-0.4, -0.2) is 19.6 Å². The number of thiocarbonyl (C=S) groups is 1. The average molecular weight is 442 g/mol. The molecule has 0 bridgehead atoms. The number of carbonyl (C=O) groups is 1. The van der Waals surface area contributed by atoms with E-state index in [1.54, 1.807) is 36.9 Å². The topological polar surface area (TPSA) is 47.2 Å². The fraction of sp³-hybridized carbons (Fsp3) is 0.0952. The Hall–Kier alpha value is -2.61. The van der Waals surface area contributed by atoms with Gasteiger partial charge in [0.25, 0.3) is 11.5 Å². The molecule has 1 fully saturated rings. The summed E-state index contributed by atoms with van der Waals surface area (Å²) in [6, 6.07) is 16.5. The maximum atomic E-state index is 13.2. The Morgan fingerprint density at radius 2 is 1.79 bits per heavy atom. The second-order valence-electron chi connectivity index (χ2n) is 6.48. The van der Waals surface area contributed by atoms with Gasteiger partial charge in [-0.3, -0.25) is 19.2 Å². The smallest absolute Gasteiger partial charge is 0.283 e. The van der Waals surface area contributed by atoms with Crippen LogP contribution in [-0.2, 0) is 11.8 Å². The number of benzene rings is 2. The monoisotopic (exact) mass is 441 g/mol. The van der Waals surface area contributed by atoms with E-state index in [2.05, 4.69) is 0 Å². The second kappa shape index (κ2) is 7.67. The van der Waals surface area contributed by atoms with Crippen LogP contribution in [0.5, 0.6) is 0 Å². The van der Waals surface area contributed by atoms with Gasteiger partial charge in [-0.25, -0.2) is 4.68 Å². The minimum absolute atomic E-state index is 0.272. The van der Waals surface area contributed by atoms with E-state index in [9.17, 15) is 9.59 Å². The number of thioether (sulfide) groups is 1. The van der Waals surface area contributed by atoms with Crippen molar-refractivity contribution in [2.75, 3.05) is 4.90 Å². The quantitative estimate of drug-likeness (QED) is 0.442. The molecule has 5 nitrogen and oxygen atoms in total. The van der Waals surface area contributed by atoms with Gasteiger partial charge in [0.2, 0.25) is 0 Å². The van der Waals surface area contributed by atoms with Crippen LogP contribution in [0.25, 0.3) is 11.8 Å². The van der Waals surface area contributed by atoms with Crippen molar-refractivity contribution in [2.45, 2.75) is 6.92 Å². The number of halogens is 1. The van der Waals surface area contributed by atoms with Crippen LogP contribution in [0, 0.1) is 6.92 Å². The summed E-state index contributed by atoms with van der Waals surface area (Å²) in [5.41, 5.74) is 2.14. The van der Waals surface area contributed by atoms with Crippen LogP contribution in [0.3, 0.4) is 0 Å². The molecule has 1 aliphatic rings. The Labute approximate surface area is 182 Å². The first-order chi connectivity index (χ1) is 13.9. The SMILES string of the molecule is Cc1c(N2C(=O)/C(=C/c3cccc(Cl)c3)SC2=S)c(=O)n(-c2ccccc2)n1C. The molecular formula is C21H16ClN3O2S2. The highest BCUT2D eigenvalue weighted by Gasteiger charge is 2.37. The Morgan fingerprint density at radius 3 is 2.48 bits per heavy atom. The van der Waals surface area contributed by atoms with Gasteiger partial charge in [0, 0.05) is 12.1 Å². The summed E-state index contributed by atoms with van der Waals surface area (Å²) in [5.74, 6) is -0.314. The summed E-state index contributed by atoms with van der Waals surface area (Å²) in [4.78, 5) is 28.1. The summed E-state index contributed by atoms with van der Waals surface area (Å²) in [6.07, 6.45) is 1.74. The molecule has 2 aromatic carbocycles. The van der Waals surface area contributed by atoms with E-state index in [1.165, 1.54) is 21.3 Å². The van der Waals surface area contributed by atoms with Gasteiger partial charge in [0.05, 0.1) is 16.3 Å². The summed E-state index contributed by atoms with van der Waals surface area (Å²) in [5, 5.41) is 0.582. The maximum absolute atomic E-state index is 13.2. The van der Waals surface area contributed by atoms with Gasteiger partial charge in [0.15, 0.2) is 4.32 Å². The molecule has 0 N–H and O–H groups in total. The number of carbonyl (C=O) groups excluding carboxylic acids is 1. The van der Waals surface area contributed by atoms with Crippen molar-refractivity contribution in [1.29, 1.82) is 0 Å². The zero-order chi connectivity index (χ0) is 20.7. The maximum Gasteiger partial charge on any atom is 0.296 e. The fourth-order valence-electron chi connectivity index (χ4n) is 3.22. The summed E-state index contributed by atoms with van der Waals surface area (Å²) in [6.45, 7) is 1.80. The van der Waals surface area contributed by atoms with Crippen molar-refractivity contribution < 1.29 is 4.79 Å². The lowest BCUT2D eigenvalue weighted by atomic mass is 10.2. The van der Waals surface area contributed by atoms with Gasteiger partial charge in [-0.1, -0.05) is 65.9 Å². The molecule has 29 heavy (non-hydrogen) atoms. The highest BCUT2D eigenvalue weighted by molar-refractivity contribution is 8.27. The molecule has 1 saturated heterocycles. The van der Waals surface area contributed by atoms with E-state index in [0.717, 1.165) is 5.56 Å². The van der Waals surface area contributed by atoms with Crippen molar-refractivity contribution in [3.05, 3.63) is 86.1 Å². The van der Waals surface area contributed by atoms with Gasteiger partial charge in [-0.2, -0.15) is 0 Å². The Balaban J connectivity index is 1.79. The molecule has 4 rings (SSSR count). The standard InChI is InChI=1S/C21H16ClN3O2S2/c1-13-18(20(27)25(23(13)2)16-9-4-3-5-10-16)24-19(26)17(29-21(24)28)12-14-7-6-8-15(22)11-14/h3-12H,1-2H3/b17-12-. The van der Waals surface area contributed by atoms with Crippen molar-refractivity contribution in [3.8, 4) is 5.69 Å². The van der Waals surface area contributed by atoms with Crippen LogP contribution in [0.1, 0.15) is 11.3 Å². The molecule has 1 aromatic heterocycles. The summed E-state index contributed by atoms with van der Waals surface area (Å²) in [7, 11) is 1.78. The van der Waals surface area contributed by atoms with Crippen LogP contribution in [0.4, 0.5) is 5.69 Å². The molecule has 2 heterocycles. The molecule has 1 aliphatic heterocycles. The average Bonchev–Trinajstić information content (AvgIpc) is 3.08. The fourth-order valence-corrected chi connectivity index (χ4v) is 4.69. The molecule has 0 spiro atoms. The Morgan fingerprint density at radius 1 is 1.07 bits per heavy atom. The normalized spacial score (nSPS) is 15.6. The van der Waals surface area contributed by atoms with Crippen molar-refractivity contribution in [1.82, 2.24) is 9.36 Å². The lowest BCUT2D eigenvalue weighted by molar-refractivity contribution is -0.113. The van der Waals surface area contributed by atoms with E-state index >= 15 is 0 Å². The van der Waals surface area contributed by atoms with Crippen LogP contribution in [0.2, 0.25) is 5.02 Å². The molecule has 0 unspecified atom stereocenters. The zero-order valence-electron chi connectivity index (χ0n) is 15.6. The molecular weight excluding hydrogens is 426 g/mol. The van der Waals surface area contributed by atoms with E-state index in [4.69, 9.17) is 23.8 Å². The van der Waals surface area contributed by atoms with Gasteiger partial charge >= 0.3 is 0 Å². The molecule has 146 valence electrons. The first-order valence-corrected chi connectivity index (χ1v) is 10.4. The van der Waals surface area contributed by atoms with Gasteiger partial charge in [-0.05, 0) is 42.8 Å². The zero-order valence-corrected chi connectivity index (χ0v) is 18.0. The van der Waals surface area contributed by atoms with E-state index in [-0.39, 0.29) is 17.2 Å². The van der Waals surface area contributed by atoms with Crippen molar-refractivity contribution in [2.24, 2.45) is 7.05 Å². The molecule has 0 aliphatic carbocycles. The minimum atomic E-state index is -0.314. The van der Waals surface area contributed by atoms with Crippen LogP contribution < -0.4 is 10.5 Å². The van der Waals surface area contributed by atoms with Gasteiger partial charge in [-0.15, -0.1) is 0 Å². The third-order valence-electron chi connectivity index (χ3n) is 4.69. The van der Waals surface area contributed by atoms with Crippen LogP contribution in [0.15, 0.2) is 64.3 Å². The number of nitrogens with zero attached hydrogens (tertiary/aromatic N) is 3. The first kappa shape index (κ1) is 19.7. The van der Waals surface area contributed by atoms with E-state index in [0.29, 0.717) is 25.6 Å². The van der Waals surface area contributed by atoms with Crippen molar-refractivity contribution in [3.63, 3.8) is 0 Å². The largest absolute Gasteiger partial charge is 0.296 e. The third kappa shape index (κ3) is 3.46. The number of rotatable bonds is 3. The first-order valence-electron chi connectivity index (χ1n) is 8.76. The number of amides is 1. The van der Waals surface area contributed by atoms with E-state index in [1.807, 2.05) is 42.5 Å². The highest BCUT2D eigenvalue weighted by atomic mass is 35.5. The predicted octanol–water partition coefficient (Wildman–Crippen LogP) is 4.54. The number of hydrogen-bond donors (Lipinski definition) is 0. The highest BCUT2D eigenvalue weighted by Crippen LogP contribution is 2.36. The van der Waals surface area contributed by atoms with Crippen molar-refractivity contribution >= 4 is 57.6 Å². The van der Waals surface area contributed by atoms with Gasteiger partial charge < -0.3 is 0 Å². The van der Waals surface area contributed by atoms with Crippen LogP contribution >= 0.6 is 35.6 Å². The molecule has 0 saturated carbocycles. The lowest BCUT2D eigenvalue weighted by Gasteiger charge is -2.12. The number of hydrogen-bond acceptors (Lipinski definition) is 4. The molecule has 8 heteroatoms. The Bertz CT molecular complexity index is 1230. The lowest BCUT2D eigenvalue weighted by Crippen LogP contribution is -2.33. The minimum Gasteiger partial charge on any atom is -0.283 e. The summed E-state index contributed by atoms with van der Waals surface area (Å²) >= 11 is 12.7. The molecule has 0 atom stereocenters. The molecule has 0 radical (unpaired) electrons. The molecule has 3 aromatic rings. The van der Waals surface area contributed by atoms with E-state index < -0.39 is 0 Å². The molecule has 1 amide bonds. The third-order valence-corrected chi connectivity index (χ3v) is 6.22. The number of aromatic nitrogens is 2. The van der Waals surface area contributed by atoms with Gasteiger partial charge in [0.1, 0.15) is 5.69 Å². The summed E-state index contributed by atoms with van der Waals surface area (Å²) < 4.78 is 3.59. The number of anilines is 1. The Kier molecular flexibility index (Phi) is 5.21. The second-order valence-corrected chi connectivity index (χ2v) is 8.59. The number of para-hydroxylation sites is 1.